The van der Waals surface area contributed by atoms with Crippen molar-refractivity contribution in [1.29, 1.82) is 0 Å². The Balaban J connectivity index is 1.52. The molecule has 28 heavy (non-hydrogen) atoms. The maximum absolute atomic E-state index is 6.48. The van der Waals surface area contributed by atoms with Gasteiger partial charge in [0.1, 0.15) is 0 Å². The van der Waals surface area contributed by atoms with Gasteiger partial charge in [0.15, 0.2) is 5.82 Å². The van der Waals surface area contributed by atoms with Crippen molar-refractivity contribution in [3.05, 3.63) is 60.3 Å². The van der Waals surface area contributed by atoms with Crippen molar-refractivity contribution < 1.29 is 4.74 Å². The molecule has 4 heterocycles. The van der Waals surface area contributed by atoms with Crippen LogP contribution in [0.5, 0.6) is 0 Å². The van der Waals surface area contributed by atoms with Crippen LogP contribution < -0.4 is 0 Å². The predicted molar refractivity (Wildman–Crippen MR) is 109 cm³/mol. The molecule has 1 aliphatic heterocycles. The Labute approximate surface area is 167 Å². The molecule has 0 aliphatic carbocycles. The zero-order chi connectivity index (χ0) is 18.9. The van der Waals surface area contributed by atoms with Gasteiger partial charge in [-0.05, 0) is 48.6 Å². The Morgan fingerprint density at radius 1 is 1.14 bits per heavy atom. The molecule has 7 heteroatoms. The number of rotatable bonds is 4. The lowest BCUT2D eigenvalue weighted by Gasteiger charge is -2.22. The number of pyridine rings is 1. The molecule has 3 aromatic heterocycles. The van der Waals surface area contributed by atoms with E-state index in [-0.39, 0.29) is 0 Å². The lowest BCUT2D eigenvalue weighted by molar-refractivity contribution is 0.0616. The van der Waals surface area contributed by atoms with Crippen molar-refractivity contribution >= 4 is 22.6 Å². The van der Waals surface area contributed by atoms with Crippen molar-refractivity contribution in [2.75, 3.05) is 13.2 Å². The summed E-state index contributed by atoms with van der Waals surface area (Å²) in [6, 6.07) is 10.1. The number of ether oxygens (including phenoxy) is 1. The fraction of sp³-hybridized carbons (Fsp3) is 0.286. The first-order valence-electron chi connectivity index (χ1n) is 9.46. The van der Waals surface area contributed by atoms with Gasteiger partial charge in [-0.15, -0.1) is 0 Å². The summed E-state index contributed by atoms with van der Waals surface area (Å²) < 4.78 is 9.46. The average molecular weight is 394 g/mol. The maximum Gasteiger partial charge on any atom is 0.153 e. The zero-order valence-electron chi connectivity index (χ0n) is 15.3. The molecule has 0 amide bonds. The molecule has 0 N–H and O–H groups in total. The van der Waals surface area contributed by atoms with Crippen LogP contribution in [0.25, 0.3) is 28.0 Å². The predicted octanol–water partition coefficient (Wildman–Crippen LogP) is 4.36. The van der Waals surface area contributed by atoms with Gasteiger partial charge >= 0.3 is 0 Å². The van der Waals surface area contributed by atoms with Crippen LogP contribution in [0.4, 0.5) is 0 Å². The van der Waals surface area contributed by atoms with E-state index in [0.717, 1.165) is 60.6 Å². The number of aromatic nitrogens is 5. The van der Waals surface area contributed by atoms with E-state index in [1.54, 1.807) is 17.1 Å². The molecule has 0 bridgehead atoms. The number of imidazole rings is 1. The van der Waals surface area contributed by atoms with E-state index < -0.39 is 0 Å². The van der Waals surface area contributed by atoms with Crippen LogP contribution in [0.3, 0.4) is 0 Å². The number of nitrogens with zero attached hydrogens (tertiary/aromatic N) is 5. The number of benzene rings is 1. The van der Waals surface area contributed by atoms with E-state index in [1.165, 1.54) is 0 Å². The third kappa shape index (κ3) is 3.30. The molecule has 1 saturated heterocycles. The lowest BCUT2D eigenvalue weighted by atomic mass is 10.00. The van der Waals surface area contributed by atoms with Crippen molar-refractivity contribution in [2.45, 2.75) is 19.4 Å². The Bertz CT molecular complexity index is 1100. The molecule has 0 spiro atoms. The molecule has 0 radical (unpaired) electrons. The molecule has 5 rings (SSSR count). The van der Waals surface area contributed by atoms with Crippen LogP contribution in [0.1, 0.15) is 12.8 Å². The highest BCUT2D eigenvalue weighted by Gasteiger charge is 2.16. The molecule has 6 nitrogen and oxygen atoms in total. The molecule has 0 atom stereocenters. The van der Waals surface area contributed by atoms with Gasteiger partial charge in [-0.3, -0.25) is 0 Å². The van der Waals surface area contributed by atoms with Crippen molar-refractivity contribution in [2.24, 2.45) is 5.92 Å². The van der Waals surface area contributed by atoms with Crippen LogP contribution in [0, 0.1) is 5.92 Å². The van der Waals surface area contributed by atoms with Crippen LogP contribution in [0.2, 0.25) is 5.02 Å². The average Bonchev–Trinajstić information content (AvgIpc) is 3.40. The molecule has 0 unspecified atom stereocenters. The third-order valence-corrected chi connectivity index (χ3v) is 5.61. The summed E-state index contributed by atoms with van der Waals surface area (Å²) in [5, 5.41) is 4.87. The fourth-order valence-corrected chi connectivity index (χ4v) is 3.97. The minimum Gasteiger partial charge on any atom is -0.381 e. The minimum atomic E-state index is 0.616. The van der Waals surface area contributed by atoms with Crippen molar-refractivity contribution in [1.82, 2.24) is 24.3 Å². The van der Waals surface area contributed by atoms with Crippen LogP contribution in [-0.4, -0.2) is 37.5 Å². The maximum atomic E-state index is 6.48. The summed E-state index contributed by atoms with van der Waals surface area (Å²) in [5.74, 6) is 1.37. The van der Waals surface area contributed by atoms with Gasteiger partial charge in [0.25, 0.3) is 0 Å². The summed E-state index contributed by atoms with van der Waals surface area (Å²) in [6.45, 7) is 2.67. The van der Waals surface area contributed by atoms with Gasteiger partial charge in [0, 0.05) is 43.9 Å². The lowest BCUT2D eigenvalue weighted by Crippen LogP contribution is -2.20. The highest BCUT2D eigenvalue weighted by Crippen LogP contribution is 2.31. The standard InChI is InChI=1S/C21H20ClN5O/c22-18-12-23-21(27-7-1-6-25-27)11-17(18)16-2-3-19-20(10-16)26(14-24-19)13-15-4-8-28-9-5-15/h1-3,6-7,10-12,14-15H,4-5,8-9,13H2. The summed E-state index contributed by atoms with van der Waals surface area (Å²) in [7, 11) is 0. The first kappa shape index (κ1) is 17.4. The molecular formula is C21H20ClN5O. The topological polar surface area (TPSA) is 57.8 Å². The summed E-state index contributed by atoms with van der Waals surface area (Å²) in [6.07, 6.45) is 9.42. The van der Waals surface area contributed by atoms with Crippen molar-refractivity contribution in [3.8, 4) is 16.9 Å². The van der Waals surface area contributed by atoms with E-state index >= 15 is 0 Å². The molecule has 4 aromatic rings. The molecule has 1 aromatic carbocycles. The molecule has 0 saturated carbocycles. The number of hydrogen-bond donors (Lipinski definition) is 0. The Morgan fingerprint density at radius 2 is 2.04 bits per heavy atom. The normalized spacial score (nSPS) is 15.3. The van der Waals surface area contributed by atoms with Gasteiger partial charge in [0.05, 0.1) is 22.4 Å². The summed E-state index contributed by atoms with van der Waals surface area (Å²) >= 11 is 6.48. The van der Waals surface area contributed by atoms with Crippen LogP contribution in [0.15, 0.2) is 55.2 Å². The van der Waals surface area contributed by atoms with Gasteiger partial charge in [0.2, 0.25) is 0 Å². The van der Waals surface area contributed by atoms with Gasteiger partial charge in [-0.2, -0.15) is 5.10 Å². The van der Waals surface area contributed by atoms with E-state index in [2.05, 4.69) is 37.8 Å². The second kappa shape index (κ2) is 7.37. The smallest absolute Gasteiger partial charge is 0.153 e. The fourth-order valence-electron chi connectivity index (χ4n) is 3.76. The minimum absolute atomic E-state index is 0.616. The quantitative estimate of drug-likeness (QED) is 0.516. The SMILES string of the molecule is Clc1cnc(-n2cccn2)cc1-c1ccc2ncn(CC3CCOCC3)c2c1. The number of halogens is 1. The molecular weight excluding hydrogens is 374 g/mol. The van der Waals surface area contributed by atoms with Gasteiger partial charge < -0.3 is 9.30 Å². The first-order valence-corrected chi connectivity index (χ1v) is 9.84. The molecule has 142 valence electrons. The zero-order valence-corrected chi connectivity index (χ0v) is 16.1. The van der Waals surface area contributed by atoms with Crippen molar-refractivity contribution in [3.63, 3.8) is 0 Å². The van der Waals surface area contributed by atoms with Crippen LogP contribution >= 0.6 is 11.6 Å². The summed E-state index contributed by atoms with van der Waals surface area (Å²) in [5.41, 5.74) is 4.09. The first-order chi connectivity index (χ1) is 13.8. The second-order valence-corrected chi connectivity index (χ2v) is 7.54. The summed E-state index contributed by atoms with van der Waals surface area (Å²) in [4.78, 5) is 8.97. The highest BCUT2D eigenvalue weighted by atomic mass is 35.5. The Hall–Kier alpha value is -2.70. The largest absolute Gasteiger partial charge is 0.381 e. The van der Waals surface area contributed by atoms with E-state index in [9.17, 15) is 0 Å². The second-order valence-electron chi connectivity index (χ2n) is 7.13. The van der Waals surface area contributed by atoms with E-state index in [1.807, 2.05) is 24.7 Å². The molecule has 1 fully saturated rings. The van der Waals surface area contributed by atoms with Gasteiger partial charge in [-0.25, -0.2) is 14.6 Å². The number of fused-ring (bicyclic) bond motifs is 1. The van der Waals surface area contributed by atoms with Gasteiger partial charge in [-0.1, -0.05) is 17.7 Å². The van der Waals surface area contributed by atoms with E-state index in [4.69, 9.17) is 16.3 Å². The third-order valence-electron chi connectivity index (χ3n) is 5.31. The highest BCUT2D eigenvalue weighted by molar-refractivity contribution is 6.33. The monoisotopic (exact) mass is 393 g/mol. The Kier molecular flexibility index (Phi) is 4.58. The number of hydrogen-bond acceptors (Lipinski definition) is 4. The Morgan fingerprint density at radius 3 is 2.86 bits per heavy atom. The van der Waals surface area contributed by atoms with E-state index in [0.29, 0.717) is 10.9 Å². The van der Waals surface area contributed by atoms with Crippen LogP contribution in [-0.2, 0) is 11.3 Å². The molecule has 1 aliphatic rings.